The van der Waals surface area contributed by atoms with Crippen LogP contribution in [0.1, 0.15) is 0 Å². The van der Waals surface area contributed by atoms with Gasteiger partial charge in [0.05, 0.1) is 5.97 Å². The van der Waals surface area contributed by atoms with E-state index >= 15 is 0 Å². The number of hydrogen-bond donors (Lipinski definition) is 1. The Kier molecular flexibility index (Phi) is 7.77. The number of carbonyl (C=O) groups excluding carboxylic acids is 1. The molecule has 0 atom stereocenters. The van der Waals surface area contributed by atoms with Crippen molar-refractivity contribution in [2.45, 2.75) is 0 Å². The molecular formula is C3H2INaO6S. The first-order valence-corrected chi connectivity index (χ1v) is 5.61. The average molecular weight is 316 g/mol. The van der Waals surface area contributed by atoms with Crippen LogP contribution in [-0.4, -0.2) is 18.9 Å². The summed E-state index contributed by atoms with van der Waals surface area (Å²) in [6.07, 6.45) is 0. The number of halogens is 1. The number of carbonyl (C=O) groups is 1. The zero-order valence-corrected chi connectivity index (χ0v) is 10.8. The molecule has 0 aromatic rings. The van der Waals surface area contributed by atoms with Gasteiger partial charge in [0.1, 0.15) is 4.91 Å². The summed E-state index contributed by atoms with van der Waals surface area (Å²) < 4.78 is 38.6. The minimum absolute atomic E-state index is 0. The molecular weight excluding hydrogens is 314 g/mol. The summed E-state index contributed by atoms with van der Waals surface area (Å²) in [4.78, 5) is 8.55. The first-order chi connectivity index (χ1) is 4.89. The van der Waals surface area contributed by atoms with Gasteiger partial charge in [0.25, 0.3) is 10.1 Å². The van der Waals surface area contributed by atoms with Gasteiger partial charge in [-0.05, 0) is 0 Å². The van der Waals surface area contributed by atoms with E-state index in [9.17, 15) is 21.4 Å². The van der Waals surface area contributed by atoms with Crippen LogP contribution in [0.4, 0.5) is 0 Å². The van der Waals surface area contributed by atoms with E-state index in [1.165, 1.54) is 0 Å². The van der Waals surface area contributed by atoms with Crippen molar-refractivity contribution in [2.24, 2.45) is 0 Å². The summed E-state index contributed by atoms with van der Waals surface area (Å²) in [7, 11) is -4.80. The molecule has 0 saturated heterocycles. The fraction of sp³-hybridized carbons (Fsp3) is 0. The van der Waals surface area contributed by atoms with Crippen molar-refractivity contribution >= 4 is 37.3 Å². The van der Waals surface area contributed by atoms with Gasteiger partial charge in [-0.3, -0.25) is 7.62 Å². The Bertz CT molecular complexity index is 305. The van der Waals surface area contributed by atoms with E-state index < -0.39 is 42.2 Å². The third kappa shape index (κ3) is 5.32. The topological polar surface area (TPSA) is 112 Å². The molecule has 0 amide bonds. The van der Waals surface area contributed by atoms with E-state index in [1.807, 2.05) is 0 Å². The number of carboxylic acid groups (broad SMARTS) is 1. The van der Waals surface area contributed by atoms with Crippen LogP contribution >= 0.6 is 21.2 Å². The summed E-state index contributed by atoms with van der Waals surface area (Å²) in [6.45, 7) is 0. The van der Waals surface area contributed by atoms with Crippen molar-refractivity contribution in [2.75, 3.05) is 0 Å². The summed E-state index contributed by atoms with van der Waals surface area (Å²) >= 11 is -1.90. The second-order valence-electron chi connectivity index (χ2n) is 1.32. The van der Waals surface area contributed by atoms with E-state index in [1.54, 1.807) is 0 Å². The van der Waals surface area contributed by atoms with Gasteiger partial charge >= 0.3 is 29.6 Å². The fourth-order valence-electron chi connectivity index (χ4n) is 0.247. The van der Waals surface area contributed by atoms with Gasteiger partial charge in [0, 0.05) is 4.08 Å². The van der Waals surface area contributed by atoms with Crippen LogP contribution in [0.25, 0.3) is 0 Å². The predicted octanol–water partition coefficient (Wildman–Crippen LogP) is -4.21. The second-order valence-corrected chi connectivity index (χ2v) is 3.85. The summed E-state index contributed by atoms with van der Waals surface area (Å²) in [5, 5.41) is 9.90. The zero-order valence-electron chi connectivity index (χ0n) is 5.85. The smallest absolute Gasteiger partial charge is 0.544 e. The monoisotopic (exact) mass is 316 g/mol. The van der Waals surface area contributed by atoms with Crippen LogP contribution in [0.2, 0.25) is 0 Å². The van der Waals surface area contributed by atoms with Gasteiger partial charge in [-0.25, -0.2) is 0 Å². The molecule has 0 aromatic carbocycles. The average Bonchev–Trinajstić information content (AvgIpc) is 1.79. The Morgan fingerprint density at radius 2 is 1.92 bits per heavy atom. The van der Waals surface area contributed by atoms with Crippen molar-refractivity contribution in [3.05, 3.63) is 8.99 Å². The molecule has 12 heavy (non-hydrogen) atoms. The normalized spacial score (nSPS) is 11.9. The molecule has 0 spiro atoms. The molecule has 0 radical (unpaired) electrons. The molecule has 6 nitrogen and oxygen atoms in total. The van der Waals surface area contributed by atoms with E-state index in [0.717, 1.165) is 0 Å². The van der Waals surface area contributed by atoms with Crippen molar-refractivity contribution in [3.63, 3.8) is 0 Å². The van der Waals surface area contributed by atoms with Crippen LogP contribution in [-0.2, 0) is 18.0 Å². The van der Waals surface area contributed by atoms with E-state index in [0.29, 0.717) is 4.08 Å². The standard InChI is InChI=1S/C3H3IO6S.Na/c5-3(6)2(1-4-7)11(8,9)10;/h1H,(H,5,6)(H,8,9,10);/q;+1/p-1/b2-1+;. The maximum Gasteiger partial charge on any atom is 1.00 e. The minimum Gasteiger partial charge on any atom is -0.544 e. The quantitative estimate of drug-likeness (QED) is 0.244. The number of rotatable bonds is 3. The number of aliphatic carboxylic acids is 1. The molecule has 1 N–H and O–H groups in total. The number of hydrogen-bond acceptors (Lipinski definition) is 5. The van der Waals surface area contributed by atoms with Crippen LogP contribution in [0.5, 0.6) is 0 Å². The molecule has 0 unspecified atom stereocenters. The molecule has 0 aliphatic heterocycles. The Morgan fingerprint density at radius 3 is 2.00 bits per heavy atom. The molecule has 0 saturated carbocycles. The van der Waals surface area contributed by atoms with Gasteiger partial charge in [0.2, 0.25) is 0 Å². The van der Waals surface area contributed by atoms with Crippen molar-refractivity contribution in [1.29, 1.82) is 0 Å². The number of carboxylic acids is 1. The zero-order chi connectivity index (χ0) is 9.07. The summed E-state index contributed by atoms with van der Waals surface area (Å²) in [5.74, 6) is -2.07. The van der Waals surface area contributed by atoms with Crippen molar-refractivity contribution in [3.8, 4) is 0 Å². The van der Waals surface area contributed by atoms with Gasteiger partial charge in [-0.2, -0.15) is 8.42 Å². The van der Waals surface area contributed by atoms with Crippen LogP contribution in [0.15, 0.2) is 8.99 Å². The maximum absolute atomic E-state index is 10.1. The summed E-state index contributed by atoms with van der Waals surface area (Å²) in [5.41, 5.74) is 0. The first-order valence-electron chi connectivity index (χ1n) is 2.04. The van der Waals surface area contributed by atoms with Gasteiger partial charge in [-0.1, -0.05) is 0 Å². The fourth-order valence-corrected chi connectivity index (χ4v) is 2.26. The third-order valence-electron chi connectivity index (χ3n) is 0.623. The molecule has 0 bridgehead atoms. The van der Waals surface area contributed by atoms with Crippen LogP contribution < -0.4 is 34.7 Å². The second kappa shape index (κ2) is 6.16. The van der Waals surface area contributed by atoms with Gasteiger partial charge in [0.15, 0.2) is 21.2 Å². The molecule has 0 fully saturated rings. The Morgan fingerprint density at radius 1 is 1.50 bits per heavy atom. The van der Waals surface area contributed by atoms with Crippen molar-refractivity contribution in [1.82, 2.24) is 0 Å². The molecule has 0 aromatic heterocycles. The molecule has 0 heterocycles. The van der Waals surface area contributed by atoms with E-state index in [-0.39, 0.29) is 29.6 Å². The van der Waals surface area contributed by atoms with Gasteiger partial charge < -0.3 is 9.90 Å². The predicted molar refractivity (Wildman–Crippen MR) is 39.3 cm³/mol. The van der Waals surface area contributed by atoms with E-state index in [4.69, 9.17) is 4.55 Å². The molecule has 0 aliphatic rings. The van der Waals surface area contributed by atoms with Crippen molar-refractivity contribution < 1.29 is 55.5 Å². The molecule has 9 heteroatoms. The largest absolute Gasteiger partial charge is 1.00 e. The Balaban J connectivity index is 0. The Hall–Kier alpha value is 0.650. The molecule has 64 valence electrons. The first kappa shape index (κ1) is 15.1. The maximum atomic E-state index is 10.1. The van der Waals surface area contributed by atoms with Gasteiger partial charge in [-0.15, -0.1) is 0 Å². The SMILES string of the molecule is O=I/C=C(\C(=O)[O-])S(=O)(=O)O.[Na+]. The Labute approximate surface area is 101 Å². The molecule has 0 rings (SSSR count). The van der Waals surface area contributed by atoms with Crippen LogP contribution in [0.3, 0.4) is 0 Å². The minimum atomic E-state index is -4.80. The van der Waals surface area contributed by atoms with Crippen LogP contribution in [0, 0.1) is 0 Å². The molecule has 0 aliphatic carbocycles. The third-order valence-corrected chi connectivity index (χ3v) is 2.76. The van der Waals surface area contributed by atoms with E-state index in [2.05, 4.69) is 0 Å². The summed E-state index contributed by atoms with van der Waals surface area (Å²) in [6, 6.07) is 0.